The van der Waals surface area contributed by atoms with Crippen LogP contribution >= 0.6 is 11.6 Å². The molecule has 2 aliphatic rings. The molecule has 9 nitrogen and oxygen atoms in total. The summed E-state index contributed by atoms with van der Waals surface area (Å²) in [5.41, 5.74) is 2.61. The molecular formula is C23H26ClN5O4. The lowest BCUT2D eigenvalue weighted by molar-refractivity contribution is -0.198. The molecule has 2 aliphatic heterocycles. The number of rotatable bonds is 8. The van der Waals surface area contributed by atoms with E-state index in [0.29, 0.717) is 48.2 Å². The zero-order valence-electron chi connectivity index (χ0n) is 18.1. The Balaban J connectivity index is 1.35. The quantitative estimate of drug-likeness (QED) is 0.306. The van der Waals surface area contributed by atoms with Crippen molar-refractivity contribution in [1.29, 1.82) is 0 Å². The molecule has 3 N–H and O–H groups in total. The molecule has 2 atom stereocenters. The Bertz CT molecular complexity index is 985. The lowest BCUT2D eigenvalue weighted by atomic mass is 9.88. The number of hydrogen-bond acceptors (Lipinski definition) is 8. The number of Topliss-reactive ketones (excluding diaryl/α,β-unsaturated/α-hetero) is 1. The zero-order chi connectivity index (χ0) is 23.1. The minimum Gasteiger partial charge on any atom is -0.355 e. The molecule has 2 aromatic rings. The number of hydrogen-bond donors (Lipinski definition) is 3. The van der Waals surface area contributed by atoms with Crippen LogP contribution < -0.4 is 16.1 Å². The third-order valence-electron chi connectivity index (χ3n) is 5.57. The summed E-state index contributed by atoms with van der Waals surface area (Å²) in [5.74, 6) is 0.0201. The highest BCUT2D eigenvalue weighted by molar-refractivity contribution is 6.30. The molecule has 0 radical (unpaired) electrons. The lowest BCUT2D eigenvalue weighted by Crippen LogP contribution is -2.48. The van der Waals surface area contributed by atoms with Gasteiger partial charge in [-0.3, -0.25) is 14.6 Å². The highest BCUT2D eigenvalue weighted by Gasteiger charge is 2.41. The average molecular weight is 472 g/mol. The predicted octanol–water partition coefficient (Wildman–Crippen LogP) is 2.74. The topological polar surface area (TPSA) is 114 Å². The van der Waals surface area contributed by atoms with Gasteiger partial charge in [0.15, 0.2) is 12.1 Å². The van der Waals surface area contributed by atoms with Gasteiger partial charge >= 0.3 is 0 Å². The van der Waals surface area contributed by atoms with Gasteiger partial charge in [-0.2, -0.15) is 0 Å². The standard InChI is InChI=1S/C23H26ClN5O4/c24-17-6-4-16(5-7-17)22(31)23(10-11-25-15-23)28-19-14-26-18(13-27-19)8-9-20(30)29-33-21-3-1-2-12-32-21/h4-9,13-14,21,25H,1-3,10-12,15H2,(H,27,28)(H,29,30)/b9-8+/t21?,23-/m1/s1. The maximum absolute atomic E-state index is 13.2. The molecule has 2 saturated heterocycles. The van der Waals surface area contributed by atoms with Gasteiger partial charge in [-0.25, -0.2) is 15.3 Å². The normalized spacial score (nSPS) is 22.9. The van der Waals surface area contributed by atoms with E-state index in [-0.39, 0.29) is 5.78 Å². The summed E-state index contributed by atoms with van der Waals surface area (Å²) in [5, 5.41) is 7.08. The fourth-order valence-electron chi connectivity index (χ4n) is 3.78. The summed E-state index contributed by atoms with van der Waals surface area (Å²) < 4.78 is 5.39. The number of carbonyl (C=O) groups is 2. The molecule has 2 fully saturated rings. The van der Waals surface area contributed by atoms with Gasteiger partial charge in [0, 0.05) is 36.2 Å². The number of nitrogens with zero attached hydrogens (tertiary/aromatic N) is 2. The minimum atomic E-state index is -0.821. The first-order valence-electron chi connectivity index (χ1n) is 10.9. The van der Waals surface area contributed by atoms with E-state index in [0.717, 1.165) is 19.3 Å². The molecule has 174 valence electrons. The first-order valence-corrected chi connectivity index (χ1v) is 11.3. The molecule has 33 heavy (non-hydrogen) atoms. The summed E-state index contributed by atoms with van der Waals surface area (Å²) in [6.45, 7) is 1.82. The molecule has 0 bridgehead atoms. The third-order valence-corrected chi connectivity index (χ3v) is 5.82. The van der Waals surface area contributed by atoms with Crippen molar-refractivity contribution in [2.45, 2.75) is 37.5 Å². The lowest BCUT2D eigenvalue weighted by Gasteiger charge is -2.28. The molecule has 10 heteroatoms. The average Bonchev–Trinajstić information content (AvgIpc) is 3.32. The van der Waals surface area contributed by atoms with E-state index < -0.39 is 17.7 Å². The van der Waals surface area contributed by atoms with Crippen LogP contribution in [0, 0.1) is 0 Å². The Morgan fingerprint density at radius 2 is 2.06 bits per heavy atom. The molecule has 0 saturated carbocycles. The monoisotopic (exact) mass is 471 g/mol. The predicted molar refractivity (Wildman–Crippen MR) is 124 cm³/mol. The van der Waals surface area contributed by atoms with Crippen molar-refractivity contribution in [3.8, 4) is 0 Å². The number of halogens is 1. The van der Waals surface area contributed by atoms with Gasteiger partial charge in [-0.1, -0.05) is 11.6 Å². The first kappa shape index (κ1) is 23.3. The van der Waals surface area contributed by atoms with E-state index >= 15 is 0 Å². The van der Waals surface area contributed by atoms with E-state index in [9.17, 15) is 9.59 Å². The number of amides is 1. The summed E-state index contributed by atoms with van der Waals surface area (Å²) in [6, 6.07) is 6.85. The molecule has 1 amide bonds. The Kier molecular flexibility index (Phi) is 7.66. The van der Waals surface area contributed by atoms with E-state index in [1.54, 1.807) is 30.5 Å². The SMILES string of the molecule is O=C(/C=C/c1cnc(N[C@]2(C(=O)c3ccc(Cl)cc3)CCNC2)cn1)NOC1CCCCO1. The molecule has 1 aromatic carbocycles. The fraction of sp³-hybridized carbons (Fsp3) is 0.391. The van der Waals surface area contributed by atoms with Crippen LogP contribution in [0.2, 0.25) is 5.02 Å². The van der Waals surface area contributed by atoms with Crippen molar-refractivity contribution in [1.82, 2.24) is 20.8 Å². The number of ketones is 1. The highest BCUT2D eigenvalue weighted by Crippen LogP contribution is 2.26. The van der Waals surface area contributed by atoms with E-state index in [2.05, 4.69) is 26.1 Å². The van der Waals surface area contributed by atoms with Gasteiger partial charge in [0.25, 0.3) is 5.91 Å². The van der Waals surface area contributed by atoms with Crippen LogP contribution in [-0.2, 0) is 14.4 Å². The van der Waals surface area contributed by atoms with Gasteiger partial charge < -0.3 is 15.4 Å². The Morgan fingerprint density at radius 1 is 1.21 bits per heavy atom. The van der Waals surface area contributed by atoms with Gasteiger partial charge in [0.2, 0.25) is 0 Å². The third kappa shape index (κ3) is 6.14. The van der Waals surface area contributed by atoms with Gasteiger partial charge in [-0.05, 0) is 56.1 Å². The largest absolute Gasteiger partial charge is 0.355 e. The molecule has 4 rings (SSSR count). The first-order chi connectivity index (χ1) is 16.0. The van der Waals surface area contributed by atoms with Gasteiger partial charge in [-0.15, -0.1) is 0 Å². The number of aromatic nitrogens is 2. The Morgan fingerprint density at radius 3 is 2.73 bits per heavy atom. The summed E-state index contributed by atoms with van der Waals surface area (Å²) in [4.78, 5) is 39.1. The molecule has 1 unspecified atom stereocenters. The second-order valence-corrected chi connectivity index (χ2v) is 8.45. The van der Waals surface area contributed by atoms with Crippen molar-refractivity contribution in [2.75, 3.05) is 25.0 Å². The summed E-state index contributed by atoms with van der Waals surface area (Å²) >= 11 is 5.95. The smallest absolute Gasteiger partial charge is 0.267 e. The van der Waals surface area contributed by atoms with Crippen LogP contribution in [0.25, 0.3) is 6.08 Å². The maximum Gasteiger partial charge on any atom is 0.267 e. The van der Waals surface area contributed by atoms with Crippen LogP contribution in [0.4, 0.5) is 5.82 Å². The Labute approximate surface area is 196 Å². The van der Waals surface area contributed by atoms with Crippen molar-refractivity contribution in [2.24, 2.45) is 0 Å². The van der Waals surface area contributed by atoms with Crippen molar-refractivity contribution < 1.29 is 19.2 Å². The van der Waals surface area contributed by atoms with Crippen LogP contribution in [0.1, 0.15) is 41.7 Å². The van der Waals surface area contributed by atoms with E-state index in [4.69, 9.17) is 21.2 Å². The number of benzene rings is 1. The van der Waals surface area contributed by atoms with E-state index in [1.165, 1.54) is 18.3 Å². The summed E-state index contributed by atoms with van der Waals surface area (Å²) in [7, 11) is 0. The molecule has 1 aromatic heterocycles. The molecular weight excluding hydrogens is 446 g/mol. The van der Waals surface area contributed by atoms with Crippen LogP contribution in [0.15, 0.2) is 42.7 Å². The number of ether oxygens (including phenoxy) is 1. The van der Waals surface area contributed by atoms with E-state index in [1.807, 2.05) is 0 Å². The van der Waals surface area contributed by atoms with Crippen LogP contribution in [-0.4, -0.2) is 53.2 Å². The van der Waals surface area contributed by atoms with Crippen molar-refractivity contribution in [3.05, 3.63) is 59.0 Å². The van der Waals surface area contributed by atoms with Crippen molar-refractivity contribution in [3.63, 3.8) is 0 Å². The van der Waals surface area contributed by atoms with Crippen LogP contribution in [0.5, 0.6) is 0 Å². The number of carbonyl (C=O) groups excluding carboxylic acids is 2. The maximum atomic E-state index is 13.2. The van der Waals surface area contributed by atoms with Crippen LogP contribution in [0.3, 0.4) is 0 Å². The summed E-state index contributed by atoms with van der Waals surface area (Å²) in [6.07, 6.45) is 8.88. The molecule has 0 aliphatic carbocycles. The zero-order valence-corrected chi connectivity index (χ0v) is 18.8. The van der Waals surface area contributed by atoms with Gasteiger partial charge in [0.05, 0.1) is 18.1 Å². The second-order valence-electron chi connectivity index (χ2n) is 8.01. The highest BCUT2D eigenvalue weighted by atomic mass is 35.5. The Hall–Kier alpha value is -2.85. The number of nitrogens with one attached hydrogen (secondary N) is 3. The number of hydroxylamine groups is 1. The minimum absolute atomic E-state index is 0.0337. The van der Waals surface area contributed by atoms with Crippen molar-refractivity contribution >= 4 is 35.2 Å². The second kappa shape index (κ2) is 10.8. The molecule has 3 heterocycles. The number of anilines is 1. The molecule has 0 spiro atoms. The van der Waals surface area contributed by atoms with Gasteiger partial charge in [0.1, 0.15) is 11.4 Å². The fourth-order valence-corrected chi connectivity index (χ4v) is 3.91.